The normalized spacial score (nSPS) is 22.2. The number of halogens is 1. The molecule has 102 valence electrons. The minimum atomic E-state index is -1.23. The Morgan fingerprint density at radius 3 is 2.74 bits per heavy atom. The monoisotopic (exact) mass is 283 g/mol. The van der Waals surface area contributed by atoms with Gasteiger partial charge in [0.05, 0.1) is 0 Å². The summed E-state index contributed by atoms with van der Waals surface area (Å²) in [7, 11) is 0. The van der Waals surface area contributed by atoms with Crippen molar-refractivity contribution in [1.29, 1.82) is 0 Å². The summed E-state index contributed by atoms with van der Waals surface area (Å²) in [6, 6.07) is 4.12. The van der Waals surface area contributed by atoms with Crippen LogP contribution in [0.1, 0.15) is 22.3 Å². The van der Waals surface area contributed by atoms with Crippen LogP contribution in [-0.2, 0) is 4.79 Å². The summed E-state index contributed by atoms with van der Waals surface area (Å²) in [4.78, 5) is 23.3. The Kier molecular flexibility index (Phi) is 3.80. The lowest BCUT2D eigenvalue weighted by Gasteiger charge is -2.24. The van der Waals surface area contributed by atoms with Gasteiger partial charge in [0.15, 0.2) is 0 Å². The van der Waals surface area contributed by atoms with Crippen molar-refractivity contribution in [1.82, 2.24) is 5.32 Å². The van der Waals surface area contributed by atoms with Gasteiger partial charge in [0.2, 0.25) is 0 Å². The quantitative estimate of drug-likeness (QED) is 0.888. The molecule has 0 bridgehead atoms. The first-order chi connectivity index (χ1) is 8.94. The second-order valence-corrected chi connectivity index (χ2v) is 5.71. The van der Waals surface area contributed by atoms with Crippen molar-refractivity contribution in [2.24, 2.45) is 0 Å². The number of thioether (sulfide) groups is 1. The SMILES string of the molecule is Cc1ccc(C(=O)N[C@]2(C(=O)O)CCSC2)cc1F. The first-order valence-corrected chi connectivity index (χ1v) is 7.00. The molecule has 1 heterocycles. The van der Waals surface area contributed by atoms with Crippen molar-refractivity contribution >= 4 is 23.6 Å². The minimum Gasteiger partial charge on any atom is -0.479 e. The van der Waals surface area contributed by atoms with E-state index in [0.29, 0.717) is 23.5 Å². The van der Waals surface area contributed by atoms with Gasteiger partial charge in [-0.2, -0.15) is 11.8 Å². The van der Waals surface area contributed by atoms with Crippen LogP contribution in [0.25, 0.3) is 0 Å². The average Bonchev–Trinajstić information content (AvgIpc) is 2.82. The maximum Gasteiger partial charge on any atom is 0.330 e. The van der Waals surface area contributed by atoms with E-state index in [1.54, 1.807) is 6.92 Å². The molecule has 0 aromatic heterocycles. The fourth-order valence-electron chi connectivity index (χ4n) is 1.91. The zero-order valence-electron chi connectivity index (χ0n) is 10.4. The van der Waals surface area contributed by atoms with Crippen molar-refractivity contribution in [2.75, 3.05) is 11.5 Å². The highest BCUT2D eigenvalue weighted by molar-refractivity contribution is 7.99. The second-order valence-electron chi connectivity index (χ2n) is 4.61. The summed E-state index contributed by atoms with van der Waals surface area (Å²) < 4.78 is 13.4. The Morgan fingerprint density at radius 1 is 1.47 bits per heavy atom. The molecule has 6 heteroatoms. The molecular formula is C13H14FNO3S. The lowest BCUT2D eigenvalue weighted by atomic mass is 9.98. The molecule has 2 N–H and O–H groups in total. The largest absolute Gasteiger partial charge is 0.479 e. The lowest BCUT2D eigenvalue weighted by Crippen LogP contribution is -2.54. The van der Waals surface area contributed by atoms with Gasteiger partial charge >= 0.3 is 5.97 Å². The number of aryl methyl sites for hydroxylation is 1. The summed E-state index contributed by atoms with van der Waals surface area (Å²) in [5.41, 5.74) is -0.648. The van der Waals surface area contributed by atoms with Crippen LogP contribution in [0, 0.1) is 12.7 Å². The Morgan fingerprint density at radius 2 is 2.21 bits per heavy atom. The molecule has 0 unspecified atom stereocenters. The van der Waals surface area contributed by atoms with E-state index < -0.39 is 23.2 Å². The van der Waals surface area contributed by atoms with Crippen LogP contribution in [-0.4, -0.2) is 34.0 Å². The Balaban J connectivity index is 2.20. The number of hydrogen-bond acceptors (Lipinski definition) is 3. The Bertz CT molecular complexity index is 527. The van der Waals surface area contributed by atoms with Crippen LogP contribution >= 0.6 is 11.8 Å². The topological polar surface area (TPSA) is 66.4 Å². The van der Waals surface area contributed by atoms with Crippen molar-refractivity contribution in [3.63, 3.8) is 0 Å². The molecule has 1 saturated heterocycles. The fourth-order valence-corrected chi connectivity index (χ4v) is 3.23. The zero-order valence-corrected chi connectivity index (χ0v) is 11.2. The molecule has 0 spiro atoms. The number of carbonyl (C=O) groups excluding carboxylic acids is 1. The summed E-state index contributed by atoms with van der Waals surface area (Å²) >= 11 is 1.48. The maximum atomic E-state index is 13.4. The molecule has 1 aromatic carbocycles. The summed E-state index contributed by atoms with van der Waals surface area (Å²) in [6.45, 7) is 1.60. The van der Waals surface area contributed by atoms with Gasteiger partial charge in [-0.3, -0.25) is 4.79 Å². The number of aliphatic carboxylic acids is 1. The molecule has 4 nitrogen and oxygen atoms in total. The average molecular weight is 283 g/mol. The van der Waals surface area contributed by atoms with E-state index in [9.17, 15) is 19.1 Å². The van der Waals surface area contributed by atoms with Gasteiger partial charge < -0.3 is 10.4 Å². The van der Waals surface area contributed by atoms with Crippen LogP contribution in [0.3, 0.4) is 0 Å². The van der Waals surface area contributed by atoms with Gasteiger partial charge in [0, 0.05) is 11.3 Å². The second kappa shape index (κ2) is 5.21. The van der Waals surface area contributed by atoms with E-state index in [4.69, 9.17) is 0 Å². The molecule has 1 amide bonds. The molecule has 2 rings (SSSR count). The standard InChI is InChI=1S/C13H14FNO3S/c1-8-2-3-9(6-10(8)14)11(16)15-13(12(17)18)4-5-19-7-13/h2-3,6H,4-5,7H2,1H3,(H,15,16)(H,17,18)/t13-/m1/s1. The minimum absolute atomic E-state index is 0.139. The van der Waals surface area contributed by atoms with Crippen molar-refractivity contribution in [3.05, 3.63) is 35.1 Å². The molecule has 1 aromatic rings. The van der Waals surface area contributed by atoms with Crippen molar-refractivity contribution < 1.29 is 19.1 Å². The van der Waals surface area contributed by atoms with E-state index in [-0.39, 0.29) is 5.56 Å². The predicted octanol–water partition coefficient (Wildman–Crippen LogP) is 1.82. The number of carboxylic acid groups (broad SMARTS) is 1. The van der Waals surface area contributed by atoms with E-state index >= 15 is 0 Å². The molecule has 0 aliphatic carbocycles. The van der Waals surface area contributed by atoms with Gasteiger partial charge in [0.25, 0.3) is 5.91 Å². The molecule has 1 aliphatic heterocycles. The van der Waals surface area contributed by atoms with Gasteiger partial charge in [-0.05, 0) is 36.8 Å². The van der Waals surface area contributed by atoms with Crippen LogP contribution in [0.2, 0.25) is 0 Å². The van der Waals surface area contributed by atoms with Crippen molar-refractivity contribution in [3.8, 4) is 0 Å². The van der Waals surface area contributed by atoms with Gasteiger partial charge in [-0.15, -0.1) is 0 Å². The fraction of sp³-hybridized carbons (Fsp3) is 0.385. The zero-order chi connectivity index (χ0) is 14.0. The third-order valence-corrected chi connectivity index (χ3v) is 4.41. The third kappa shape index (κ3) is 2.73. The van der Waals surface area contributed by atoms with Crippen LogP contribution in [0.5, 0.6) is 0 Å². The van der Waals surface area contributed by atoms with Crippen LogP contribution in [0.4, 0.5) is 4.39 Å². The molecule has 19 heavy (non-hydrogen) atoms. The number of benzene rings is 1. The van der Waals surface area contributed by atoms with E-state index in [0.717, 1.165) is 6.07 Å². The third-order valence-electron chi connectivity index (χ3n) is 3.22. The number of carboxylic acids is 1. The van der Waals surface area contributed by atoms with Gasteiger partial charge in [-0.25, -0.2) is 9.18 Å². The molecule has 1 fully saturated rings. The number of hydrogen-bond donors (Lipinski definition) is 2. The highest BCUT2D eigenvalue weighted by atomic mass is 32.2. The number of carbonyl (C=O) groups is 2. The Hall–Kier alpha value is -1.56. The van der Waals surface area contributed by atoms with E-state index in [1.807, 2.05) is 0 Å². The molecule has 0 saturated carbocycles. The summed E-state index contributed by atoms with van der Waals surface area (Å²) in [6.07, 6.45) is 0.382. The van der Waals surface area contributed by atoms with E-state index in [1.165, 1.54) is 23.9 Å². The molecule has 1 atom stereocenters. The smallest absolute Gasteiger partial charge is 0.330 e. The highest BCUT2D eigenvalue weighted by Gasteiger charge is 2.43. The van der Waals surface area contributed by atoms with Gasteiger partial charge in [-0.1, -0.05) is 6.07 Å². The molecular weight excluding hydrogens is 269 g/mol. The van der Waals surface area contributed by atoms with Crippen molar-refractivity contribution in [2.45, 2.75) is 18.9 Å². The number of rotatable bonds is 3. The van der Waals surface area contributed by atoms with Crippen LogP contribution < -0.4 is 5.32 Å². The number of amides is 1. The predicted molar refractivity (Wildman–Crippen MR) is 70.9 cm³/mol. The Labute approximate surface area is 114 Å². The van der Waals surface area contributed by atoms with Gasteiger partial charge in [0.1, 0.15) is 11.4 Å². The molecule has 0 radical (unpaired) electrons. The lowest BCUT2D eigenvalue weighted by molar-refractivity contribution is -0.143. The first-order valence-electron chi connectivity index (χ1n) is 5.84. The van der Waals surface area contributed by atoms with Crippen LogP contribution in [0.15, 0.2) is 18.2 Å². The number of nitrogens with one attached hydrogen (secondary N) is 1. The first kappa shape index (κ1) is 13.9. The molecule has 1 aliphatic rings. The highest BCUT2D eigenvalue weighted by Crippen LogP contribution is 2.28. The summed E-state index contributed by atoms with van der Waals surface area (Å²) in [5.74, 6) is -1.04. The summed E-state index contributed by atoms with van der Waals surface area (Å²) in [5, 5.41) is 11.8. The maximum absolute atomic E-state index is 13.4. The van der Waals surface area contributed by atoms with E-state index in [2.05, 4.69) is 5.32 Å².